The monoisotopic (exact) mass is 368 g/mol. The third kappa shape index (κ3) is 3.61. The summed E-state index contributed by atoms with van der Waals surface area (Å²) in [5.41, 5.74) is 0.859. The summed E-state index contributed by atoms with van der Waals surface area (Å²) in [4.78, 5) is 36.1. The van der Waals surface area contributed by atoms with Gasteiger partial charge in [-0.2, -0.15) is 10.1 Å². The van der Waals surface area contributed by atoms with Crippen LogP contribution in [0.5, 0.6) is 5.75 Å². The topological polar surface area (TPSA) is 105 Å². The number of amidine groups is 1. The number of carbonyl (C=O) groups is 2. The Morgan fingerprint density at radius 3 is 2.33 bits per heavy atom. The lowest BCUT2D eigenvalue weighted by Gasteiger charge is -2.20. The number of nitrogens with zero attached hydrogens (tertiary/aromatic N) is 4. The van der Waals surface area contributed by atoms with Crippen LogP contribution in [0.3, 0.4) is 0 Å². The Morgan fingerprint density at radius 2 is 1.81 bits per heavy atom. The van der Waals surface area contributed by atoms with Gasteiger partial charge < -0.3 is 4.74 Å². The maximum Gasteiger partial charge on any atom is 0.269 e. The average molecular weight is 368 g/mol. The first kappa shape index (κ1) is 18.1. The molecule has 0 spiro atoms. The fourth-order valence-corrected chi connectivity index (χ4v) is 2.70. The fraction of sp³-hybridized carbons (Fsp3) is 0.167. The van der Waals surface area contributed by atoms with Crippen LogP contribution < -0.4 is 14.6 Å². The minimum Gasteiger partial charge on any atom is -0.497 e. The van der Waals surface area contributed by atoms with E-state index >= 15 is 0 Å². The predicted molar refractivity (Wildman–Crippen MR) is 98.8 cm³/mol. The molecule has 0 bridgehead atoms. The van der Waals surface area contributed by atoms with Crippen LogP contribution in [-0.4, -0.2) is 29.7 Å². The van der Waals surface area contributed by atoms with Gasteiger partial charge in [-0.3, -0.25) is 24.6 Å². The average Bonchev–Trinajstić information content (AvgIpc) is 3.03. The Bertz CT molecular complexity index is 922. The van der Waals surface area contributed by atoms with Crippen molar-refractivity contribution >= 4 is 34.7 Å². The highest BCUT2D eigenvalue weighted by Gasteiger charge is 2.31. The molecule has 9 nitrogen and oxygen atoms in total. The number of anilines is 2. The van der Waals surface area contributed by atoms with Crippen molar-refractivity contribution in [1.82, 2.24) is 0 Å². The number of amides is 2. The zero-order valence-electron chi connectivity index (χ0n) is 14.7. The number of rotatable bonds is 4. The Labute approximate surface area is 154 Å². The Kier molecular flexibility index (Phi) is 4.84. The van der Waals surface area contributed by atoms with E-state index in [9.17, 15) is 19.7 Å². The SMILES string of the molecule is COc1ccc(N(C(C)=O)C2=NN(c3ccc([N+](=O)[O-])cc3)C(=O)C2)cc1. The van der Waals surface area contributed by atoms with Crippen molar-refractivity contribution in [3.05, 3.63) is 58.6 Å². The summed E-state index contributed by atoms with van der Waals surface area (Å²) in [6.45, 7) is 1.38. The molecule has 1 aliphatic heterocycles. The fourth-order valence-electron chi connectivity index (χ4n) is 2.70. The van der Waals surface area contributed by atoms with Gasteiger partial charge in [0.1, 0.15) is 11.6 Å². The van der Waals surface area contributed by atoms with Crippen LogP contribution >= 0.6 is 0 Å². The molecule has 2 aromatic rings. The van der Waals surface area contributed by atoms with E-state index in [0.29, 0.717) is 17.1 Å². The number of nitro groups is 1. The molecule has 0 fully saturated rings. The Morgan fingerprint density at radius 1 is 1.19 bits per heavy atom. The molecule has 27 heavy (non-hydrogen) atoms. The highest BCUT2D eigenvalue weighted by atomic mass is 16.6. The molecule has 0 aromatic heterocycles. The normalized spacial score (nSPS) is 13.3. The van der Waals surface area contributed by atoms with Crippen molar-refractivity contribution in [3.8, 4) is 5.75 Å². The second-order valence-corrected chi connectivity index (χ2v) is 5.72. The van der Waals surface area contributed by atoms with Crippen LogP contribution in [-0.2, 0) is 9.59 Å². The van der Waals surface area contributed by atoms with Gasteiger partial charge in [0, 0.05) is 19.1 Å². The van der Waals surface area contributed by atoms with E-state index in [2.05, 4.69) is 5.10 Å². The molecule has 0 atom stereocenters. The van der Waals surface area contributed by atoms with E-state index in [-0.39, 0.29) is 29.8 Å². The van der Waals surface area contributed by atoms with E-state index in [1.165, 1.54) is 36.1 Å². The Balaban J connectivity index is 1.92. The van der Waals surface area contributed by atoms with Crippen LogP contribution in [0.4, 0.5) is 17.1 Å². The van der Waals surface area contributed by atoms with E-state index in [1.54, 1.807) is 31.4 Å². The molecular formula is C18H16N4O5. The number of hydrogen-bond acceptors (Lipinski definition) is 6. The molecule has 0 saturated heterocycles. The van der Waals surface area contributed by atoms with Crippen LogP contribution in [0.1, 0.15) is 13.3 Å². The summed E-state index contributed by atoms with van der Waals surface area (Å²) in [5.74, 6) is 0.283. The number of methoxy groups -OCH3 is 1. The molecular weight excluding hydrogens is 352 g/mol. The van der Waals surface area contributed by atoms with Crippen molar-refractivity contribution in [3.63, 3.8) is 0 Å². The van der Waals surface area contributed by atoms with Gasteiger partial charge in [0.15, 0.2) is 0 Å². The largest absolute Gasteiger partial charge is 0.497 e. The summed E-state index contributed by atoms with van der Waals surface area (Å²) < 4.78 is 5.11. The van der Waals surface area contributed by atoms with Gasteiger partial charge in [0.05, 0.1) is 29.8 Å². The lowest BCUT2D eigenvalue weighted by atomic mass is 10.2. The molecule has 1 aliphatic rings. The molecule has 1 heterocycles. The van der Waals surface area contributed by atoms with Gasteiger partial charge >= 0.3 is 0 Å². The zero-order chi connectivity index (χ0) is 19.6. The molecule has 0 saturated carbocycles. The Hall–Kier alpha value is -3.75. The lowest BCUT2D eigenvalue weighted by molar-refractivity contribution is -0.384. The van der Waals surface area contributed by atoms with Crippen molar-refractivity contribution < 1.29 is 19.2 Å². The van der Waals surface area contributed by atoms with E-state index in [1.807, 2.05) is 0 Å². The third-order valence-electron chi connectivity index (χ3n) is 3.97. The summed E-state index contributed by atoms with van der Waals surface area (Å²) in [6.07, 6.45) is -0.0669. The number of ether oxygens (including phenoxy) is 1. The van der Waals surface area contributed by atoms with Gasteiger partial charge in [0.25, 0.3) is 11.6 Å². The zero-order valence-corrected chi connectivity index (χ0v) is 14.7. The van der Waals surface area contributed by atoms with Gasteiger partial charge in [-0.05, 0) is 36.4 Å². The van der Waals surface area contributed by atoms with Gasteiger partial charge in [-0.15, -0.1) is 0 Å². The highest BCUT2D eigenvalue weighted by Crippen LogP contribution is 2.27. The molecule has 9 heteroatoms. The van der Waals surface area contributed by atoms with E-state index < -0.39 is 4.92 Å². The highest BCUT2D eigenvalue weighted by molar-refractivity contribution is 6.25. The summed E-state index contributed by atoms with van der Waals surface area (Å²) >= 11 is 0. The molecule has 138 valence electrons. The molecule has 2 amide bonds. The van der Waals surface area contributed by atoms with Crippen molar-refractivity contribution in [2.45, 2.75) is 13.3 Å². The van der Waals surface area contributed by atoms with Crippen LogP contribution in [0.2, 0.25) is 0 Å². The maximum absolute atomic E-state index is 12.4. The third-order valence-corrected chi connectivity index (χ3v) is 3.97. The smallest absolute Gasteiger partial charge is 0.269 e. The molecule has 3 rings (SSSR count). The predicted octanol–water partition coefficient (Wildman–Crippen LogP) is 2.71. The molecule has 0 N–H and O–H groups in total. The first-order valence-electron chi connectivity index (χ1n) is 8.00. The number of benzene rings is 2. The van der Waals surface area contributed by atoms with Crippen molar-refractivity contribution in [2.24, 2.45) is 5.10 Å². The van der Waals surface area contributed by atoms with Gasteiger partial charge in [0.2, 0.25) is 5.91 Å². The second-order valence-electron chi connectivity index (χ2n) is 5.72. The number of nitro benzene ring substituents is 1. The molecule has 2 aromatic carbocycles. The van der Waals surface area contributed by atoms with Gasteiger partial charge in [-0.1, -0.05) is 0 Å². The summed E-state index contributed by atoms with van der Waals surface area (Å²) in [7, 11) is 1.54. The first-order valence-corrected chi connectivity index (χ1v) is 8.00. The first-order chi connectivity index (χ1) is 12.9. The maximum atomic E-state index is 12.4. The van der Waals surface area contributed by atoms with E-state index in [0.717, 1.165) is 5.01 Å². The molecule has 0 unspecified atom stereocenters. The van der Waals surface area contributed by atoms with Crippen molar-refractivity contribution in [1.29, 1.82) is 0 Å². The van der Waals surface area contributed by atoms with Gasteiger partial charge in [-0.25, -0.2) is 0 Å². The van der Waals surface area contributed by atoms with Crippen LogP contribution in [0, 0.1) is 10.1 Å². The number of carbonyl (C=O) groups excluding carboxylic acids is 2. The summed E-state index contributed by atoms with van der Waals surface area (Å²) in [5, 5.41) is 16.2. The quantitative estimate of drug-likeness (QED) is 0.609. The molecule has 0 radical (unpaired) electrons. The number of hydrazone groups is 1. The molecule has 0 aliphatic carbocycles. The second kappa shape index (κ2) is 7.24. The van der Waals surface area contributed by atoms with Crippen molar-refractivity contribution in [2.75, 3.05) is 17.0 Å². The summed E-state index contributed by atoms with van der Waals surface area (Å²) in [6, 6.07) is 12.3. The van der Waals surface area contributed by atoms with Crippen LogP contribution in [0.25, 0.3) is 0 Å². The minimum absolute atomic E-state index is 0.0669. The minimum atomic E-state index is -0.522. The number of non-ortho nitro benzene ring substituents is 1. The standard InChI is InChI=1S/C18H16N4O5/c1-12(23)20(13-7-9-16(27-2)10-8-13)17-11-18(24)21(19-17)14-3-5-15(6-4-14)22(25)26/h3-10H,11H2,1-2H3. The number of hydrogen-bond donors (Lipinski definition) is 0. The van der Waals surface area contributed by atoms with E-state index in [4.69, 9.17) is 4.74 Å². The van der Waals surface area contributed by atoms with Crippen LogP contribution in [0.15, 0.2) is 53.6 Å². The lowest BCUT2D eigenvalue weighted by Crippen LogP contribution is -2.34.